The molecule has 0 saturated heterocycles. The van der Waals surface area contributed by atoms with E-state index in [9.17, 15) is 9.59 Å². The van der Waals surface area contributed by atoms with Gasteiger partial charge in [0.2, 0.25) is 0 Å². The number of methoxy groups -OCH3 is 1. The van der Waals surface area contributed by atoms with Gasteiger partial charge in [-0.1, -0.05) is 18.2 Å². The highest BCUT2D eigenvalue weighted by Crippen LogP contribution is 2.18. The van der Waals surface area contributed by atoms with E-state index in [1.165, 1.54) is 5.56 Å². The fourth-order valence-electron chi connectivity index (χ4n) is 3.80. The minimum atomic E-state index is -0.0774. The number of carbonyl (C=O) groups excluding carboxylic acids is 1. The molecule has 0 amide bonds. The topological polar surface area (TPSA) is 65.3 Å². The number of fused-ring (bicyclic) bond motifs is 1. The van der Waals surface area contributed by atoms with Gasteiger partial charge < -0.3 is 10.1 Å². The molecule has 0 saturated carbocycles. The van der Waals surface area contributed by atoms with Crippen LogP contribution in [0.1, 0.15) is 41.6 Å². The lowest BCUT2D eigenvalue weighted by molar-refractivity contribution is 0.0979. The maximum Gasteiger partial charge on any atom is 0.328 e. The summed E-state index contributed by atoms with van der Waals surface area (Å²) < 4.78 is 8.57. The molecule has 0 radical (unpaired) electrons. The maximum absolute atomic E-state index is 12.5. The molecule has 1 N–H and O–H groups in total. The molecule has 0 bridgehead atoms. The van der Waals surface area contributed by atoms with Crippen LogP contribution in [0.25, 0.3) is 11.0 Å². The molecule has 160 valence electrons. The molecule has 0 aliphatic rings. The van der Waals surface area contributed by atoms with Gasteiger partial charge in [-0.05, 0) is 68.6 Å². The van der Waals surface area contributed by atoms with E-state index < -0.39 is 0 Å². The van der Waals surface area contributed by atoms with Crippen LogP contribution in [-0.4, -0.2) is 35.1 Å². The van der Waals surface area contributed by atoms with Crippen molar-refractivity contribution in [2.24, 2.45) is 14.1 Å². The van der Waals surface area contributed by atoms with Gasteiger partial charge in [-0.25, -0.2) is 4.79 Å². The average molecular weight is 410 g/mol. The molecular weight excluding hydrogens is 378 g/mol. The lowest BCUT2D eigenvalue weighted by Gasteiger charge is -2.08. The molecule has 6 heteroatoms. The summed E-state index contributed by atoms with van der Waals surface area (Å²) in [7, 11) is 5.19. The van der Waals surface area contributed by atoms with Crippen molar-refractivity contribution in [1.29, 1.82) is 0 Å². The molecule has 2 aromatic carbocycles. The minimum Gasteiger partial charge on any atom is -0.496 e. The summed E-state index contributed by atoms with van der Waals surface area (Å²) in [4.78, 5) is 24.5. The Morgan fingerprint density at radius 3 is 2.50 bits per heavy atom. The smallest absolute Gasteiger partial charge is 0.328 e. The summed E-state index contributed by atoms with van der Waals surface area (Å²) in [6.45, 7) is 1.86. The van der Waals surface area contributed by atoms with E-state index in [4.69, 9.17) is 4.74 Å². The summed E-state index contributed by atoms with van der Waals surface area (Å²) in [6.07, 6.45) is 4.38. The molecule has 30 heavy (non-hydrogen) atoms. The fourth-order valence-corrected chi connectivity index (χ4v) is 3.80. The summed E-state index contributed by atoms with van der Waals surface area (Å²) in [6, 6.07) is 13.6. The van der Waals surface area contributed by atoms with E-state index in [1.807, 2.05) is 36.4 Å². The highest BCUT2D eigenvalue weighted by molar-refractivity contribution is 5.98. The minimum absolute atomic E-state index is 0.0774. The van der Waals surface area contributed by atoms with Crippen molar-refractivity contribution in [3.63, 3.8) is 0 Å². The van der Waals surface area contributed by atoms with Crippen molar-refractivity contribution >= 4 is 16.8 Å². The van der Waals surface area contributed by atoms with Crippen LogP contribution in [-0.2, 0) is 20.5 Å². The number of hydrogen-bond acceptors (Lipinski definition) is 4. The quantitative estimate of drug-likeness (QED) is 0.389. The third-order valence-corrected chi connectivity index (χ3v) is 5.59. The second-order valence-electron chi connectivity index (χ2n) is 7.65. The number of Topliss-reactive ketones (excluding diaryl/α,β-unsaturated/α-hetero) is 1. The Kier molecular flexibility index (Phi) is 7.46. The predicted octanol–water partition coefficient (Wildman–Crippen LogP) is 3.46. The molecule has 3 rings (SSSR count). The zero-order chi connectivity index (χ0) is 21.5. The average Bonchev–Trinajstić information content (AvgIpc) is 2.99. The van der Waals surface area contributed by atoms with Gasteiger partial charge in [-0.3, -0.25) is 13.9 Å². The third-order valence-electron chi connectivity index (χ3n) is 5.59. The number of aromatic nitrogens is 2. The Hall–Kier alpha value is -2.86. The van der Waals surface area contributed by atoms with Crippen molar-refractivity contribution in [2.45, 2.75) is 32.1 Å². The largest absolute Gasteiger partial charge is 0.496 e. The number of ether oxygens (including phenoxy) is 1. The van der Waals surface area contributed by atoms with Crippen molar-refractivity contribution < 1.29 is 9.53 Å². The number of carbonyl (C=O) groups is 1. The van der Waals surface area contributed by atoms with Crippen molar-refractivity contribution in [3.8, 4) is 5.75 Å². The molecule has 0 spiro atoms. The Morgan fingerprint density at radius 2 is 1.70 bits per heavy atom. The summed E-state index contributed by atoms with van der Waals surface area (Å²) in [5.74, 6) is 1.08. The summed E-state index contributed by atoms with van der Waals surface area (Å²) in [5, 5.41) is 3.45. The van der Waals surface area contributed by atoms with Crippen LogP contribution in [0.4, 0.5) is 0 Å². The Morgan fingerprint density at radius 1 is 0.967 bits per heavy atom. The van der Waals surface area contributed by atoms with E-state index in [1.54, 1.807) is 30.3 Å². The highest BCUT2D eigenvalue weighted by atomic mass is 16.5. The van der Waals surface area contributed by atoms with Crippen LogP contribution in [0.2, 0.25) is 0 Å². The monoisotopic (exact) mass is 409 g/mol. The molecule has 0 fully saturated rings. The SMILES string of the molecule is COc1ccccc1CCCNCCCCC(=O)c1ccc2c(c1)n(C)c(=O)n2C. The highest BCUT2D eigenvalue weighted by Gasteiger charge is 2.11. The number of ketones is 1. The van der Waals surface area contributed by atoms with Crippen LogP contribution < -0.4 is 15.7 Å². The number of unbranched alkanes of at least 4 members (excludes halogenated alkanes) is 1. The number of rotatable bonds is 11. The first-order valence-corrected chi connectivity index (χ1v) is 10.5. The molecule has 0 atom stereocenters. The number of nitrogens with one attached hydrogen (secondary N) is 1. The summed E-state index contributed by atoms with van der Waals surface area (Å²) in [5.41, 5.74) is 3.47. The van der Waals surface area contributed by atoms with Gasteiger partial charge in [0.05, 0.1) is 18.1 Å². The molecule has 0 unspecified atom stereocenters. The van der Waals surface area contributed by atoms with E-state index in [0.29, 0.717) is 12.0 Å². The van der Waals surface area contributed by atoms with E-state index in [2.05, 4.69) is 11.4 Å². The van der Waals surface area contributed by atoms with Crippen LogP contribution >= 0.6 is 0 Å². The maximum atomic E-state index is 12.5. The predicted molar refractivity (Wildman–Crippen MR) is 121 cm³/mol. The lowest BCUT2D eigenvalue weighted by Crippen LogP contribution is -2.19. The van der Waals surface area contributed by atoms with Gasteiger partial charge in [-0.15, -0.1) is 0 Å². The van der Waals surface area contributed by atoms with Crippen molar-refractivity contribution in [3.05, 3.63) is 64.1 Å². The Bertz CT molecular complexity index is 1070. The van der Waals surface area contributed by atoms with Gasteiger partial charge in [0.1, 0.15) is 5.75 Å². The standard InChI is InChI=1S/C24H31N3O3/c1-26-20-14-13-19(17-21(20)27(2)24(26)29)22(28)11-6-7-15-25-16-8-10-18-9-4-5-12-23(18)30-3/h4-5,9,12-14,17,25H,6-8,10-11,15-16H2,1-3H3. The molecular formula is C24H31N3O3. The van der Waals surface area contributed by atoms with Gasteiger partial charge in [-0.2, -0.15) is 0 Å². The van der Waals surface area contributed by atoms with Gasteiger partial charge >= 0.3 is 5.69 Å². The zero-order valence-electron chi connectivity index (χ0n) is 18.1. The normalized spacial score (nSPS) is 11.2. The van der Waals surface area contributed by atoms with Crippen LogP contribution in [0.3, 0.4) is 0 Å². The Balaban J connectivity index is 1.36. The number of aryl methyl sites for hydroxylation is 3. The van der Waals surface area contributed by atoms with Crippen LogP contribution in [0.5, 0.6) is 5.75 Å². The molecule has 3 aromatic rings. The molecule has 1 heterocycles. The zero-order valence-corrected chi connectivity index (χ0v) is 18.1. The van der Waals surface area contributed by atoms with E-state index in [-0.39, 0.29) is 11.5 Å². The molecule has 0 aliphatic carbocycles. The number of hydrogen-bond donors (Lipinski definition) is 1. The van der Waals surface area contributed by atoms with Crippen molar-refractivity contribution in [2.75, 3.05) is 20.2 Å². The number of para-hydroxylation sites is 1. The molecule has 1 aromatic heterocycles. The first kappa shape index (κ1) is 21.8. The van der Waals surface area contributed by atoms with Crippen LogP contribution in [0.15, 0.2) is 47.3 Å². The first-order valence-electron chi connectivity index (χ1n) is 10.5. The van der Waals surface area contributed by atoms with Gasteiger partial charge in [0, 0.05) is 26.1 Å². The number of nitrogens with zero attached hydrogens (tertiary/aromatic N) is 2. The van der Waals surface area contributed by atoms with E-state index in [0.717, 1.165) is 55.6 Å². The van der Waals surface area contributed by atoms with Gasteiger partial charge in [0.25, 0.3) is 0 Å². The van der Waals surface area contributed by atoms with Gasteiger partial charge in [0.15, 0.2) is 5.78 Å². The van der Waals surface area contributed by atoms with Crippen LogP contribution in [0, 0.1) is 0 Å². The number of benzene rings is 2. The molecule has 6 nitrogen and oxygen atoms in total. The third kappa shape index (κ3) is 5.00. The second-order valence-corrected chi connectivity index (χ2v) is 7.65. The van der Waals surface area contributed by atoms with Crippen molar-refractivity contribution in [1.82, 2.24) is 14.5 Å². The second kappa shape index (κ2) is 10.3. The number of imidazole rings is 1. The first-order chi connectivity index (χ1) is 14.5. The summed E-state index contributed by atoms with van der Waals surface area (Å²) >= 11 is 0. The molecule has 0 aliphatic heterocycles. The lowest BCUT2D eigenvalue weighted by atomic mass is 10.0. The Labute approximate surface area is 177 Å². The van der Waals surface area contributed by atoms with E-state index >= 15 is 0 Å². The fraction of sp³-hybridized carbons (Fsp3) is 0.417.